The highest BCUT2D eigenvalue weighted by atomic mass is 79.9. The molecule has 2 unspecified atom stereocenters. The van der Waals surface area contributed by atoms with Gasteiger partial charge < -0.3 is 10.5 Å². The van der Waals surface area contributed by atoms with Gasteiger partial charge in [0, 0.05) is 35.8 Å². The number of ether oxygens (including phenoxy) is 1. The number of hydrogen-bond donors (Lipinski definition) is 2. The van der Waals surface area contributed by atoms with Crippen LogP contribution < -0.4 is 5.73 Å². The van der Waals surface area contributed by atoms with Crippen LogP contribution in [0.5, 0.6) is 0 Å². The predicted octanol–water partition coefficient (Wildman–Crippen LogP) is 5.77. The third-order valence-electron chi connectivity index (χ3n) is 4.62. The number of amidine groups is 1. The number of halogens is 1. The van der Waals surface area contributed by atoms with Crippen LogP contribution in [-0.2, 0) is 11.3 Å². The van der Waals surface area contributed by atoms with Crippen molar-refractivity contribution in [2.45, 2.75) is 83.5 Å². The zero-order chi connectivity index (χ0) is 23.4. The molecule has 2 atom stereocenters. The molecule has 1 aromatic heterocycles. The van der Waals surface area contributed by atoms with Crippen LogP contribution in [0.4, 0.5) is 0 Å². The van der Waals surface area contributed by atoms with Crippen LogP contribution in [0.1, 0.15) is 65.8 Å². The molecule has 0 saturated carbocycles. The number of thioether (sulfide) groups is 2. The van der Waals surface area contributed by atoms with Gasteiger partial charge >= 0.3 is 0 Å². The van der Waals surface area contributed by atoms with Crippen molar-refractivity contribution >= 4 is 45.7 Å². The minimum atomic E-state index is 0. The van der Waals surface area contributed by atoms with Crippen molar-refractivity contribution in [2.24, 2.45) is 17.6 Å². The Kier molecular flexibility index (Phi) is 17.0. The van der Waals surface area contributed by atoms with E-state index in [9.17, 15) is 0 Å². The second-order valence-corrected chi connectivity index (χ2v) is 12.0. The number of aryl methyl sites for hydroxylation is 1. The Morgan fingerprint density at radius 3 is 2.16 bits per heavy atom. The van der Waals surface area contributed by atoms with E-state index in [1.807, 2.05) is 0 Å². The summed E-state index contributed by atoms with van der Waals surface area (Å²) in [4.78, 5) is 11.7. The fourth-order valence-electron chi connectivity index (χ4n) is 3.55. The summed E-state index contributed by atoms with van der Waals surface area (Å²) in [5.41, 5.74) is 7.41. The monoisotopic (exact) mass is 549 g/mol. The summed E-state index contributed by atoms with van der Waals surface area (Å²) in [6.07, 6.45) is 2.32. The zero-order valence-electron chi connectivity index (χ0n) is 20.9. The van der Waals surface area contributed by atoms with E-state index < -0.39 is 0 Å². The van der Waals surface area contributed by atoms with Crippen molar-refractivity contribution in [3.63, 3.8) is 0 Å². The van der Waals surface area contributed by atoms with Crippen molar-refractivity contribution in [3.05, 3.63) is 17.5 Å². The van der Waals surface area contributed by atoms with E-state index in [0.29, 0.717) is 22.3 Å². The van der Waals surface area contributed by atoms with E-state index in [0.717, 1.165) is 55.8 Å². The first-order chi connectivity index (χ1) is 14.5. The van der Waals surface area contributed by atoms with Crippen molar-refractivity contribution in [1.82, 2.24) is 14.9 Å². The third kappa shape index (κ3) is 15.5. The maximum Gasteiger partial charge on any atom is 0.188 e. The van der Waals surface area contributed by atoms with Crippen LogP contribution in [0.15, 0.2) is 11.2 Å². The number of nitrogens with zero attached hydrogens (tertiary/aromatic N) is 3. The molecule has 1 aromatic rings. The minimum absolute atomic E-state index is 0. The molecular formula is C23H44BrN5OS2. The summed E-state index contributed by atoms with van der Waals surface area (Å²) in [5, 5.41) is 9.20. The molecule has 0 aromatic carbocycles. The molecular weight excluding hydrogens is 506 g/mol. The van der Waals surface area contributed by atoms with E-state index in [1.54, 1.807) is 11.8 Å². The van der Waals surface area contributed by atoms with Gasteiger partial charge in [-0.15, -0.1) is 17.0 Å². The largest absolute Gasteiger partial charge is 0.379 e. The van der Waals surface area contributed by atoms with Gasteiger partial charge in [0.2, 0.25) is 0 Å². The molecule has 1 aliphatic heterocycles. The first kappa shape index (κ1) is 31.6. The number of nitrogens with two attached hydrogens (primary N) is 1. The van der Waals surface area contributed by atoms with E-state index in [-0.39, 0.29) is 22.1 Å². The number of morpholine rings is 1. The molecule has 1 saturated heterocycles. The van der Waals surface area contributed by atoms with Crippen LogP contribution in [0.3, 0.4) is 0 Å². The molecule has 186 valence electrons. The second-order valence-electron chi connectivity index (χ2n) is 9.15. The van der Waals surface area contributed by atoms with Gasteiger partial charge in [0.05, 0.1) is 18.9 Å². The lowest BCUT2D eigenvalue weighted by Gasteiger charge is -2.26. The molecule has 32 heavy (non-hydrogen) atoms. The SMILES string of the molecule is Br.CC(C)CC(C)SC(=N)N.Cc1cc(CN2CCOCC2)nc(SC(C)CC(C)C)n1. The van der Waals surface area contributed by atoms with Gasteiger partial charge in [-0.2, -0.15) is 0 Å². The second kappa shape index (κ2) is 17.1. The fourth-order valence-corrected chi connectivity index (χ4v) is 5.67. The van der Waals surface area contributed by atoms with Crippen LogP contribution in [0.25, 0.3) is 0 Å². The molecule has 0 spiro atoms. The van der Waals surface area contributed by atoms with Gasteiger partial charge in [-0.25, -0.2) is 9.97 Å². The van der Waals surface area contributed by atoms with Gasteiger partial charge in [-0.1, -0.05) is 65.1 Å². The summed E-state index contributed by atoms with van der Waals surface area (Å²) in [6, 6.07) is 2.10. The van der Waals surface area contributed by atoms with Gasteiger partial charge in [0.15, 0.2) is 10.3 Å². The first-order valence-electron chi connectivity index (χ1n) is 11.4. The summed E-state index contributed by atoms with van der Waals surface area (Å²) in [5.74, 6) is 1.41. The fraction of sp³-hybridized carbons (Fsp3) is 0.783. The smallest absolute Gasteiger partial charge is 0.188 e. The summed E-state index contributed by atoms with van der Waals surface area (Å²) in [6.45, 7) is 19.9. The quantitative estimate of drug-likeness (QED) is 0.175. The molecule has 0 bridgehead atoms. The maximum absolute atomic E-state index is 7.01. The van der Waals surface area contributed by atoms with Crippen molar-refractivity contribution in [3.8, 4) is 0 Å². The Balaban J connectivity index is 0.000000747. The lowest BCUT2D eigenvalue weighted by Crippen LogP contribution is -2.35. The lowest BCUT2D eigenvalue weighted by molar-refractivity contribution is 0.0335. The van der Waals surface area contributed by atoms with Crippen molar-refractivity contribution in [1.29, 1.82) is 5.41 Å². The average molecular weight is 551 g/mol. The standard InChI is InChI=1S/C16H27N3OS.C7H16N2S.BrH/c1-12(2)9-14(4)21-16-17-13(3)10-15(18-16)11-19-5-7-20-8-6-19;1-5(2)4-6(3)10-7(8)9;/h10,12,14H,5-9,11H2,1-4H3;5-6H,4H2,1-3H3,(H3,8,9);1H. The highest BCUT2D eigenvalue weighted by Crippen LogP contribution is 2.25. The van der Waals surface area contributed by atoms with E-state index in [4.69, 9.17) is 20.9 Å². The molecule has 1 aliphatic rings. The topological polar surface area (TPSA) is 88.1 Å². The number of aromatic nitrogens is 2. The lowest BCUT2D eigenvalue weighted by atomic mass is 10.1. The first-order valence-corrected chi connectivity index (χ1v) is 13.1. The Hall–Kier alpha value is -0.350. The third-order valence-corrected chi connectivity index (χ3v) is 6.45. The highest BCUT2D eigenvalue weighted by Gasteiger charge is 2.14. The molecule has 0 amide bonds. The minimum Gasteiger partial charge on any atom is -0.379 e. The summed E-state index contributed by atoms with van der Waals surface area (Å²) >= 11 is 3.24. The predicted molar refractivity (Wildman–Crippen MR) is 146 cm³/mol. The Bertz CT molecular complexity index is 657. The molecule has 0 aliphatic carbocycles. The Morgan fingerprint density at radius 2 is 1.62 bits per heavy atom. The van der Waals surface area contributed by atoms with E-state index in [1.165, 1.54) is 18.2 Å². The molecule has 2 rings (SSSR count). The van der Waals surface area contributed by atoms with Crippen LogP contribution in [0, 0.1) is 24.2 Å². The summed E-state index contributed by atoms with van der Waals surface area (Å²) in [7, 11) is 0. The van der Waals surface area contributed by atoms with E-state index >= 15 is 0 Å². The zero-order valence-corrected chi connectivity index (χ0v) is 24.2. The molecule has 3 N–H and O–H groups in total. The number of rotatable bonds is 9. The molecule has 9 heteroatoms. The molecule has 0 radical (unpaired) electrons. The van der Waals surface area contributed by atoms with Crippen molar-refractivity contribution in [2.75, 3.05) is 26.3 Å². The van der Waals surface area contributed by atoms with Crippen LogP contribution in [-0.4, -0.2) is 56.8 Å². The number of nitrogens with one attached hydrogen (secondary N) is 1. The van der Waals surface area contributed by atoms with Gasteiger partial charge in [0.25, 0.3) is 0 Å². The van der Waals surface area contributed by atoms with Gasteiger partial charge in [-0.3, -0.25) is 10.3 Å². The van der Waals surface area contributed by atoms with Gasteiger partial charge in [-0.05, 0) is 37.7 Å². The van der Waals surface area contributed by atoms with Crippen molar-refractivity contribution < 1.29 is 4.74 Å². The normalized spacial score (nSPS) is 16.2. The van der Waals surface area contributed by atoms with Gasteiger partial charge in [0.1, 0.15) is 0 Å². The van der Waals surface area contributed by atoms with Crippen LogP contribution in [0.2, 0.25) is 0 Å². The molecule has 1 fully saturated rings. The Morgan fingerprint density at radius 1 is 1.06 bits per heavy atom. The average Bonchev–Trinajstić information content (AvgIpc) is 2.60. The molecule has 6 nitrogen and oxygen atoms in total. The molecule has 2 heterocycles. The highest BCUT2D eigenvalue weighted by molar-refractivity contribution is 8.93. The maximum atomic E-state index is 7.01. The van der Waals surface area contributed by atoms with E-state index in [2.05, 4.69) is 64.4 Å². The number of hydrogen-bond acceptors (Lipinski definition) is 7. The van der Waals surface area contributed by atoms with Crippen LogP contribution >= 0.6 is 40.5 Å². The Labute approximate surface area is 214 Å². The summed E-state index contributed by atoms with van der Waals surface area (Å²) < 4.78 is 5.40.